The largest absolute Gasteiger partial charge is 0.490 e. The van der Waals surface area contributed by atoms with Gasteiger partial charge >= 0.3 is 6.09 Å². The molecule has 160 valence electrons. The summed E-state index contributed by atoms with van der Waals surface area (Å²) >= 11 is 0. The van der Waals surface area contributed by atoms with E-state index in [-0.39, 0.29) is 18.0 Å². The zero-order chi connectivity index (χ0) is 20.6. The Morgan fingerprint density at radius 1 is 1.07 bits per heavy atom. The number of nitrogens with zero attached hydrogens (tertiary/aromatic N) is 2. The highest BCUT2D eigenvalue weighted by atomic mass is 19.1. The van der Waals surface area contributed by atoms with E-state index in [0.29, 0.717) is 30.7 Å². The van der Waals surface area contributed by atoms with Crippen LogP contribution in [0.4, 0.5) is 14.9 Å². The second-order valence-electron chi connectivity index (χ2n) is 9.52. The number of benzene rings is 1. The summed E-state index contributed by atoms with van der Waals surface area (Å²) in [5.74, 6) is 1.12. The molecule has 29 heavy (non-hydrogen) atoms. The van der Waals surface area contributed by atoms with Gasteiger partial charge in [-0.25, -0.2) is 9.18 Å². The SMILES string of the molecule is CC(C)(C)OC(=O)N1C[C@@H]2CN(c3cc(F)cc(OC4CCNCC4)c3)C[C@@H]2C1. The Labute approximate surface area is 172 Å². The molecule has 0 bridgehead atoms. The van der Waals surface area contributed by atoms with E-state index in [0.717, 1.165) is 44.7 Å². The summed E-state index contributed by atoms with van der Waals surface area (Å²) in [6, 6.07) is 5.02. The van der Waals surface area contributed by atoms with Crippen LogP contribution in [0.15, 0.2) is 18.2 Å². The van der Waals surface area contributed by atoms with E-state index in [1.807, 2.05) is 31.7 Å². The lowest BCUT2D eigenvalue weighted by Crippen LogP contribution is -2.37. The minimum atomic E-state index is -0.479. The predicted molar refractivity (Wildman–Crippen MR) is 110 cm³/mol. The van der Waals surface area contributed by atoms with Gasteiger partial charge in [0.25, 0.3) is 0 Å². The van der Waals surface area contributed by atoms with Crippen LogP contribution in [0.3, 0.4) is 0 Å². The first kappa shape index (κ1) is 20.3. The number of amides is 1. The van der Waals surface area contributed by atoms with Crippen LogP contribution in [0.2, 0.25) is 0 Å². The van der Waals surface area contributed by atoms with Crippen LogP contribution in [-0.4, -0.2) is 62.0 Å². The Kier molecular flexibility index (Phi) is 5.60. The molecule has 0 saturated carbocycles. The third-order valence-corrected chi connectivity index (χ3v) is 5.95. The van der Waals surface area contributed by atoms with Gasteiger partial charge in [0.15, 0.2) is 0 Å². The highest BCUT2D eigenvalue weighted by molar-refractivity contribution is 5.68. The first-order valence-corrected chi connectivity index (χ1v) is 10.7. The number of piperidine rings is 1. The molecule has 3 aliphatic rings. The molecule has 0 aliphatic carbocycles. The summed E-state index contributed by atoms with van der Waals surface area (Å²) in [5.41, 5.74) is 0.389. The van der Waals surface area contributed by atoms with Gasteiger partial charge in [-0.2, -0.15) is 0 Å². The van der Waals surface area contributed by atoms with Crippen LogP contribution < -0.4 is 15.0 Å². The van der Waals surface area contributed by atoms with E-state index < -0.39 is 5.60 Å². The molecule has 1 N–H and O–H groups in total. The molecule has 0 aromatic heterocycles. The zero-order valence-corrected chi connectivity index (χ0v) is 17.6. The summed E-state index contributed by atoms with van der Waals surface area (Å²) in [6.07, 6.45) is 1.80. The van der Waals surface area contributed by atoms with E-state index in [9.17, 15) is 9.18 Å². The van der Waals surface area contributed by atoms with Crippen molar-refractivity contribution in [1.82, 2.24) is 10.2 Å². The summed E-state index contributed by atoms with van der Waals surface area (Å²) in [5, 5.41) is 3.32. The number of hydrogen-bond donors (Lipinski definition) is 1. The average molecular weight is 406 g/mol. The number of hydrogen-bond acceptors (Lipinski definition) is 5. The van der Waals surface area contributed by atoms with E-state index in [1.165, 1.54) is 6.07 Å². The Balaban J connectivity index is 1.37. The van der Waals surface area contributed by atoms with Crippen LogP contribution >= 0.6 is 0 Å². The lowest BCUT2D eigenvalue weighted by molar-refractivity contribution is 0.0282. The average Bonchev–Trinajstić information content (AvgIpc) is 3.20. The smallest absolute Gasteiger partial charge is 0.410 e. The number of carbonyl (C=O) groups excluding carboxylic acids is 1. The number of carbonyl (C=O) groups is 1. The van der Waals surface area contributed by atoms with Crippen molar-refractivity contribution in [3.63, 3.8) is 0 Å². The summed E-state index contributed by atoms with van der Waals surface area (Å²) in [7, 11) is 0. The Hall–Kier alpha value is -2.02. The number of likely N-dealkylation sites (tertiary alicyclic amines) is 1. The second kappa shape index (κ2) is 8.01. The molecule has 4 rings (SSSR count). The van der Waals surface area contributed by atoms with Crippen LogP contribution in [-0.2, 0) is 4.74 Å². The molecule has 0 spiro atoms. The summed E-state index contributed by atoms with van der Waals surface area (Å²) < 4.78 is 25.8. The van der Waals surface area contributed by atoms with Crippen molar-refractivity contribution in [2.45, 2.75) is 45.3 Å². The molecule has 1 amide bonds. The maximum atomic E-state index is 14.3. The predicted octanol–water partition coefficient (Wildman–Crippen LogP) is 3.26. The van der Waals surface area contributed by atoms with Crippen LogP contribution in [0.25, 0.3) is 0 Å². The molecule has 0 unspecified atom stereocenters. The molecule has 3 heterocycles. The highest BCUT2D eigenvalue weighted by Crippen LogP contribution is 2.36. The van der Waals surface area contributed by atoms with E-state index in [2.05, 4.69) is 10.2 Å². The Morgan fingerprint density at radius 3 is 2.34 bits per heavy atom. The molecular formula is C22H32FN3O3. The molecule has 7 heteroatoms. The lowest BCUT2D eigenvalue weighted by Gasteiger charge is -2.27. The van der Waals surface area contributed by atoms with E-state index in [4.69, 9.17) is 9.47 Å². The molecule has 6 nitrogen and oxygen atoms in total. The summed E-state index contributed by atoms with van der Waals surface area (Å²) in [6.45, 7) is 10.6. The van der Waals surface area contributed by atoms with Crippen molar-refractivity contribution in [3.05, 3.63) is 24.0 Å². The fourth-order valence-corrected chi connectivity index (χ4v) is 4.58. The standard InChI is InChI=1S/C22H32FN3O3/c1-22(2,3)29-21(27)26-13-15-11-25(12-16(15)14-26)18-8-17(23)9-20(10-18)28-19-4-6-24-7-5-19/h8-10,15-16,19,24H,4-7,11-14H2,1-3H3/t15-,16+. The third kappa shape index (κ3) is 4.94. The number of ether oxygens (including phenoxy) is 2. The van der Waals surface area contributed by atoms with Crippen molar-refractivity contribution in [1.29, 1.82) is 0 Å². The minimum absolute atomic E-state index is 0.145. The Bertz CT molecular complexity index is 731. The van der Waals surface area contributed by atoms with Gasteiger partial charge < -0.3 is 24.6 Å². The fourth-order valence-electron chi connectivity index (χ4n) is 4.58. The molecule has 1 aromatic carbocycles. The third-order valence-electron chi connectivity index (χ3n) is 5.95. The van der Waals surface area contributed by atoms with Crippen LogP contribution in [0.1, 0.15) is 33.6 Å². The van der Waals surface area contributed by atoms with Gasteiger partial charge in [-0.1, -0.05) is 0 Å². The monoisotopic (exact) mass is 405 g/mol. The van der Waals surface area contributed by atoms with Gasteiger partial charge in [-0.15, -0.1) is 0 Å². The minimum Gasteiger partial charge on any atom is -0.490 e. The molecule has 3 fully saturated rings. The quantitative estimate of drug-likeness (QED) is 0.837. The van der Waals surface area contributed by atoms with Crippen molar-refractivity contribution in [2.75, 3.05) is 44.2 Å². The first-order chi connectivity index (χ1) is 13.8. The van der Waals surface area contributed by atoms with Crippen LogP contribution in [0.5, 0.6) is 5.75 Å². The molecule has 1 aromatic rings. The molecule has 0 radical (unpaired) electrons. The highest BCUT2D eigenvalue weighted by Gasteiger charge is 2.43. The van der Waals surface area contributed by atoms with E-state index in [1.54, 1.807) is 6.07 Å². The molecule has 3 aliphatic heterocycles. The number of anilines is 1. The normalized spacial score (nSPS) is 25.2. The molecule has 3 saturated heterocycles. The zero-order valence-electron chi connectivity index (χ0n) is 17.6. The number of nitrogens with one attached hydrogen (secondary N) is 1. The van der Waals surface area contributed by atoms with Crippen molar-refractivity contribution in [2.24, 2.45) is 11.8 Å². The van der Waals surface area contributed by atoms with Crippen LogP contribution in [0, 0.1) is 17.7 Å². The first-order valence-electron chi connectivity index (χ1n) is 10.7. The number of fused-ring (bicyclic) bond motifs is 1. The van der Waals surface area contributed by atoms with Gasteiger partial charge in [0.05, 0.1) is 0 Å². The Morgan fingerprint density at radius 2 is 1.72 bits per heavy atom. The van der Waals surface area contributed by atoms with Gasteiger partial charge in [0.1, 0.15) is 23.3 Å². The topological polar surface area (TPSA) is 54.0 Å². The van der Waals surface area contributed by atoms with Crippen molar-refractivity contribution in [3.8, 4) is 5.75 Å². The fraction of sp³-hybridized carbons (Fsp3) is 0.682. The molecular weight excluding hydrogens is 373 g/mol. The maximum absolute atomic E-state index is 14.3. The van der Waals surface area contributed by atoms with Gasteiger partial charge in [0, 0.05) is 55.8 Å². The van der Waals surface area contributed by atoms with Crippen molar-refractivity contribution >= 4 is 11.8 Å². The summed E-state index contributed by atoms with van der Waals surface area (Å²) in [4.78, 5) is 16.4. The molecule has 2 atom stereocenters. The van der Waals surface area contributed by atoms with Gasteiger partial charge in [0.2, 0.25) is 0 Å². The maximum Gasteiger partial charge on any atom is 0.410 e. The number of rotatable bonds is 3. The second-order valence-corrected chi connectivity index (χ2v) is 9.52. The lowest BCUT2D eigenvalue weighted by atomic mass is 10.0. The van der Waals surface area contributed by atoms with Crippen molar-refractivity contribution < 1.29 is 18.7 Å². The van der Waals surface area contributed by atoms with Gasteiger partial charge in [-0.05, 0) is 52.8 Å². The van der Waals surface area contributed by atoms with Gasteiger partial charge in [-0.3, -0.25) is 0 Å². The van der Waals surface area contributed by atoms with E-state index >= 15 is 0 Å². The number of halogens is 1.